The minimum absolute atomic E-state index is 0. The van der Waals surface area contributed by atoms with Crippen molar-refractivity contribution in [1.29, 1.82) is 0 Å². The van der Waals surface area contributed by atoms with Gasteiger partial charge in [-0.25, -0.2) is 9.13 Å². The third kappa shape index (κ3) is 5.78. The first kappa shape index (κ1) is 22.2. The molecule has 0 unspecified atom stereocenters. The molecule has 0 aliphatic carbocycles. The Hall–Kier alpha value is -3.49. The molecule has 2 aromatic carbocycles. The summed E-state index contributed by atoms with van der Waals surface area (Å²) in [6.07, 6.45) is 12.3. The van der Waals surface area contributed by atoms with Crippen LogP contribution in [0.1, 0.15) is 22.3 Å². The van der Waals surface area contributed by atoms with Crippen LogP contribution in [0.25, 0.3) is 23.3 Å². The van der Waals surface area contributed by atoms with E-state index in [9.17, 15) is 0 Å². The predicted octanol–water partition coefficient (Wildman–Crippen LogP) is 5.73. The number of rotatable bonds is 7. The summed E-state index contributed by atoms with van der Waals surface area (Å²) in [4.78, 5) is 0. The average Bonchev–Trinajstić information content (AvgIpc) is 2.81. The molecule has 0 saturated carbocycles. The molecule has 0 fully saturated rings. The fraction of sp³-hybridized carbons (Fsp3) is 0.0714. The summed E-state index contributed by atoms with van der Waals surface area (Å²) in [5.41, 5.74) is 7.29. The molecular formula is C28H27ClN2+2. The molecule has 0 amide bonds. The fourth-order valence-electron chi connectivity index (χ4n) is 3.45. The lowest BCUT2D eigenvalue weighted by atomic mass is 10.1. The lowest BCUT2D eigenvalue weighted by molar-refractivity contribution is -0.688. The molecule has 4 rings (SSSR count). The van der Waals surface area contributed by atoms with Gasteiger partial charge in [0.05, 0.1) is 0 Å². The van der Waals surface area contributed by atoms with Gasteiger partial charge in [-0.3, -0.25) is 0 Å². The van der Waals surface area contributed by atoms with E-state index in [2.05, 4.69) is 120 Å². The molecule has 0 aliphatic heterocycles. The maximum atomic E-state index is 3.81. The molecule has 0 bridgehead atoms. The van der Waals surface area contributed by atoms with Crippen LogP contribution < -0.4 is 9.13 Å². The van der Waals surface area contributed by atoms with E-state index in [1.165, 1.54) is 22.3 Å². The Labute approximate surface area is 190 Å². The molecule has 154 valence electrons. The van der Waals surface area contributed by atoms with Gasteiger partial charge in [0.15, 0.2) is 37.9 Å². The number of hydrogen-bond donors (Lipinski definition) is 0. The van der Waals surface area contributed by atoms with Gasteiger partial charge in [0.25, 0.3) is 0 Å². The number of pyridine rings is 2. The Balaban J connectivity index is 0.00000272. The van der Waals surface area contributed by atoms with Crippen molar-refractivity contribution < 1.29 is 9.13 Å². The highest BCUT2D eigenvalue weighted by atomic mass is 35.5. The molecular weight excluding hydrogens is 400 g/mol. The molecule has 4 aromatic rings. The van der Waals surface area contributed by atoms with Gasteiger partial charge in [-0.2, -0.15) is 0 Å². The quantitative estimate of drug-likeness (QED) is 0.333. The maximum Gasteiger partial charge on any atom is 0.173 e. The van der Waals surface area contributed by atoms with Crippen LogP contribution in [0.2, 0.25) is 0 Å². The van der Waals surface area contributed by atoms with E-state index >= 15 is 0 Å². The van der Waals surface area contributed by atoms with Crippen LogP contribution in [-0.4, -0.2) is 0 Å². The number of benzene rings is 2. The Bertz CT molecular complexity index is 1030. The largest absolute Gasteiger partial charge is 0.201 e. The molecule has 2 aromatic heterocycles. The third-order valence-electron chi connectivity index (χ3n) is 5.28. The summed E-state index contributed by atoms with van der Waals surface area (Å²) in [5.74, 6) is 0. The van der Waals surface area contributed by atoms with E-state index < -0.39 is 0 Å². The van der Waals surface area contributed by atoms with E-state index in [4.69, 9.17) is 0 Å². The third-order valence-corrected chi connectivity index (χ3v) is 5.28. The zero-order chi connectivity index (χ0) is 20.8. The van der Waals surface area contributed by atoms with E-state index in [1.807, 2.05) is 12.2 Å². The lowest BCUT2D eigenvalue weighted by Crippen LogP contribution is -2.33. The molecule has 0 radical (unpaired) electrons. The van der Waals surface area contributed by atoms with Crippen molar-refractivity contribution in [3.05, 3.63) is 133 Å². The van der Waals surface area contributed by atoms with E-state index in [0.717, 1.165) is 24.2 Å². The lowest BCUT2D eigenvalue weighted by Gasteiger charge is -2.03. The Kier molecular flexibility index (Phi) is 7.53. The van der Waals surface area contributed by atoms with E-state index in [1.54, 1.807) is 0 Å². The second-order valence-corrected chi connectivity index (χ2v) is 7.41. The van der Waals surface area contributed by atoms with Gasteiger partial charge in [-0.1, -0.05) is 73.8 Å². The van der Waals surface area contributed by atoms with Crippen molar-refractivity contribution in [1.82, 2.24) is 0 Å². The van der Waals surface area contributed by atoms with Crippen molar-refractivity contribution in [2.45, 2.75) is 13.1 Å². The van der Waals surface area contributed by atoms with Crippen molar-refractivity contribution in [3.63, 3.8) is 0 Å². The van der Waals surface area contributed by atoms with Crippen LogP contribution in [0.5, 0.6) is 0 Å². The summed E-state index contributed by atoms with van der Waals surface area (Å²) in [6.45, 7) is 9.33. The van der Waals surface area contributed by atoms with Crippen molar-refractivity contribution >= 4 is 24.6 Å². The second-order valence-electron chi connectivity index (χ2n) is 7.41. The summed E-state index contributed by atoms with van der Waals surface area (Å²) >= 11 is 0. The summed E-state index contributed by atoms with van der Waals surface area (Å²) in [7, 11) is 0. The first-order valence-corrected chi connectivity index (χ1v) is 10.1. The number of halogens is 1. The molecule has 0 aliphatic rings. The highest BCUT2D eigenvalue weighted by Crippen LogP contribution is 2.16. The zero-order valence-electron chi connectivity index (χ0n) is 17.5. The van der Waals surface area contributed by atoms with Crippen molar-refractivity contribution in [3.8, 4) is 11.1 Å². The molecule has 0 atom stereocenters. The number of hydrogen-bond acceptors (Lipinski definition) is 0. The number of aromatic nitrogens is 2. The smallest absolute Gasteiger partial charge is 0.173 e. The Morgan fingerprint density at radius 1 is 0.516 bits per heavy atom. The molecule has 2 nitrogen and oxygen atoms in total. The monoisotopic (exact) mass is 426 g/mol. The minimum atomic E-state index is 0. The Morgan fingerprint density at radius 3 is 1.13 bits per heavy atom. The SMILES string of the molecule is C=Cc1ccc(C[n+]2ccc(-c3cc[n+](Cc4ccc(C=C)cc4)cc3)cc2)cc1.Cl. The van der Waals surface area contributed by atoms with Gasteiger partial charge in [-0.15, -0.1) is 12.4 Å². The molecule has 2 heterocycles. The highest BCUT2D eigenvalue weighted by Gasteiger charge is 2.07. The summed E-state index contributed by atoms with van der Waals surface area (Å²) in [6, 6.07) is 25.7. The van der Waals surface area contributed by atoms with Crippen LogP contribution in [0.4, 0.5) is 0 Å². The summed E-state index contributed by atoms with van der Waals surface area (Å²) < 4.78 is 4.39. The van der Waals surface area contributed by atoms with Gasteiger partial charge in [0.2, 0.25) is 0 Å². The maximum absolute atomic E-state index is 3.81. The van der Waals surface area contributed by atoms with Gasteiger partial charge in [0, 0.05) is 35.4 Å². The van der Waals surface area contributed by atoms with Crippen LogP contribution in [-0.2, 0) is 13.1 Å². The predicted molar refractivity (Wildman–Crippen MR) is 131 cm³/mol. The van der Waals surface area contributed by atoms with Crippen LogP contribution >= 0.6 is 12.4 Å². The fourth-order valence-corrected chi connectivity index (χ4v) is 3.45. The van der Waals surface area contributed by atoms with E-state index in [-0.39, 0.29) is 12.4 Å². The molecule has 0 spiro atoms. The average molecular weight is 427 g/mol. The molecule has 3 heteroatoms. The normalized spacial score (nSPS) is 10.2. The van der Waals surface area contributed by atoms with Gasteiger partial charge < -0.3 is 0 Å². The van der Waals surface area contributed by atoms with Crippen LogP contribution in [0.15, 0.2) is 111 Å². The van der Waals surface area contributed by atoms with Gasteiger partial charge >= 0.3 is 0 Å². The summed E-state index contributed by atoms with van der Waals surface area (Å²) in [5, 5.41) is 0. The van der Waals surface area contributed by atoms with Crippen molar-refractivity contribution in [2.75, 3.05) is 0 Å². The van der Waals surface area contributed by atoms with Gasteiger partial charge in [-0.05, 0) is 22.3 Å². The highest BCUT2D eigenvalue weighted by molar-refractivity contribution is 5.85. The van der Waals surface area contributed by atoms with Crippen molar-refractivity contribution in [2.24, 2.45) is 0 Å². The first-order chi connectivity index (χ1) is 14.7. The second kappa shape index (κ2) is 10.5. The van der Waals surface area contributed by atoms with Crippen LogP contribution in [0.3, 0.4) is 0 Å². The first-order valence-electron chi connectivity index (χ1n) is 10.1. The molecule has 31 heavy (non-hydrogen) atoms. The number of nitrogens with zero attached hydrogens (tertiary/aromatic N) is 2. The Morgan fingerprint density at radius 2 is 0.839 bits per heavy atom. The molecule has 0 saturated heterocycles. The standard InChI is InChI=1S/C28H26N2.ClH/c1-3-23-5-9-25(10-6-23)21-29-17-13-27(14-18-29)28-15-19-30(20-16-28)22-26-11-7-24(4-2)8-12-26;/h3-20H,1-2,21-22H2;1H/q+2;. The van der Waals surface area contributed by atoms with Crippen LogP contribution in [0, 0.1) is 0 Å². The van der Waals surface area contributed by atoms with E-state index in [0.29, 0.717) is 0 Å². The molecule has 0 N–H and O–H groups in total. The minimum Gasteiger partial charge on any atom is -0.201 e. The zero-order valence-corrected chi connectivity index (χ0v) is 18.3. The van der Waals surface area contributed by atoms with Gasteiger partial charge in [0.1, 0.15) is 0 Å². The topological polar surface area (TPSA) is 7.76 Å².